The summed E-state index contributed by atoms with van der Waals surface area (Å²) >= 11 is 0. The maximum absolute atomic E-state index is 13.5. The number of amides is 2. The van der Waals surface area contributed by atoms with E-state index in [0.29, 0.717) is 24.2 Å². The number of halogens is 2. The average Bonchev–Trinajstić information content (AvgIpc) is 3.12. The number of pyridine rings is 1. The number of aromatic nitrogens is 2. The summed E-state index contributed by atoms with van der Waals surface area (Å²) in [5.74, 6) is -3.11. The summed E-state index contributed by atoms with van der Waals surface area (Å²) in [6.45, 7) is 0. The van der Waals surface area contributed by atoms with Crippen LogP contribution in [0.5, 0.6) is 5.88 Å². The van der Waals surface area contributed by atoms with E-state index in [-0.39, 0.29) is 23.2 Å². The molecule has 30 heavy (non-hydrogen) atoms. The zero-order valence-corrected chi connectivity index (χ0v) is 16.0. The van der Waals surface area contributed by atoms with Crippen molar-refractivity contribution in [3.8, 4) is 5.88 Å². The van der Waals surface area contributed by atoms with Gasteiger partial charge in [0, 0.05) is 36.0 Å². The molecule has 1 fully saturated rings. The molecule has 2 amide bonds. The molecule has 0 atom stereocenters. The van der Waals surface area contributed by atoms with Crippen molar-refractivity contribution < 1.29 is 23.1 Å². The SMILES string of the molecule is O=C(Nc1c[nH]c2cc(F)c(F)cc12)C(=O)N[C@H]1CC[C@H](Oc2ccccn2)CC1. The molecule has 0 unspecified atom stereocenters. The van der Waals surface area contributed by atoms with Crippen LogP contribution in [0.4, 0.5) is 14.5 Å². The highest BCUT2D eigenvalue weighted by molar-refractivity contribution is 6.40. The smallest absolute Gasteiger partial charge is 0.313 e. The van der Waals surface area contributed by atoms with Crippen LogP contribution in [0.25, 0.3) is 10.9 Å². The standard InChI is InChI=1S/C21H20F2N4O3/c22-15-9-14-17(10-16(15)23)25-11-18(14)27-21(29)20(28)26-12-4-6-13(7-5-12)30-19-3-1-2-8-24-19/h1-3,8-13,25H,4-7H2,(H,26,28)(H,27,29)/t12-,13-. The summed E-state index contributed by atoms with van der Waals surface area (Å²) in [6.07, 6.45) is 5.88. The van der Waals surface area contributed by atoms with Gasteiger partial charge in [0.05, 0.1) is 11.2 Å². The fourth-order valence-electron chi connectivity index (χ4n) is 3.56. The van der Waals surface area contributed by atoms with Gasteiger partial charge in [-0.1, -0.05) is 6.07 Å². The van der Waals surface area contributed by atoms with Crippen LogP contribution in [-0.2, 0) is 9.59 Å². The minimum atomic E-state index is -1.04. The molecule has 1 aliphatic rings. The van der Waals surface area contributed by atoms with Crippen molar-refractivity contribution in [1.82, 2.24) is 15.3 Å². The number of H-pyrrole nitrogens is 1. The van der Waals surface area contributed by atoms with Gasteiger partial charge in [0.15, 0.2) is 11.6 Å². The van der Waals surface area contributed by atoms with Crippen LogP contribution < -0.4 is 15.4 Å². The number of benzene rings is 1. The number of carbonyl (C=O) groups is 2. The molecule has 156 valence electrons. The van der Waals surface area contributed by atoms with Crippen molar-refractivity contribution in [3.05, 3.63) is 54.4 Å². The average molecular weight is 414 g/mol. The van der Waals surface area contributed by atoms with Gasteiger partial charge in [0.25, 0.3) is 0 Å². The highest BCUT2D eigenvalue weighted by atomic mass is 19.2. The first-order valence-electron chi connectivity index (χ1n) is 9.65. The maximum atomic E-state index is 13.5. The van der Waals surface area contributed by atoms with Gasteiger partial charge >= 0.3 is 11.8 Å². The molecule has 0 spiro atoms. The second-order valence-electron chi connectivity index (χ2n) is 7.20. The van der Waals surface area contributed by atoms with Gasteiger partial charge in [-0.3, -0.25) is 9.59 Å². The van der Waals surface area contributed by atoms with Crippen LogP contribution in [0.1, 0.15) is 25.7 Å². The number of aromatic amines is 1. The number of ether oxygens (including phenoxy) is 1. The third-order valence-electron chi connectivity index (χ3n) is 5.11. The van der Waals surface area contributed by atoms with Crippen LogP contribution in [0, 0.1) is 11.6 Å². The zero-order valence-electron chi connectivity index (χ0n) is 16.0. The Bertz CT molecular complexity index is 1060. The molecule has 4 rings (SSSR count). The van der Waals surface area contributed by atoms with Crippen molar-refractivity contribution >= 4 is 28.4 Å². The molecule has 0 aliphatic heterocycles. The molecule has 3 aromatic rings. The van der Waals surface area contributed by atoms with E-state index in [1.54, 1.807) is 12.3 Å². The molecule has 2 aromatic heterocycles. The maximum Gasteiger partial charge on any atom is 0.313 e. The monoisotopic (exact) mass is 414 g/mol. The van der Waals surface area contributed by atoms with Gasteiger partial charge in [-0.05, 0) is 37.8 Å². The second-order valence-corrected chi connectivity index (χ2v) is 7.20. The lowest BCUT2D eigenvalue weighted by atomic mass is 9.93. The van der Waals surface area contributed by atoms with Gasteiger partial charge in [0.1, 0.15) is 6.10 Å². The van der Waals surface area contributed by atoms with Crippen molar-refractivity contribution in [2.24, 2.45) is 0 Å². The molecule has 0 bridgehead atoms. The fraction of sp³-hybridized carbons (Fsp3) is 0.286. The first-order valence-corrected chi connectivity index (χ1v) is 9.65. The first kappa shape index (κ1) is 19.8. The third-order valence-corrected chi connectivity index (χ3v) is 5.11. The van der Waals surface area contributed by atoms with Crippen LogP contribution in [0.15, 0.2) is 42.7 Å². The lowest BCUT2D eigenvalue weighted by molar-refractivity contribution is -0.136. The minimum absolute atomic E-state index is 0.0170. The number of nitrogens with zero attached hydrogens (tertiary/aromatic N) is 1. The molecule has 0 radical (unpaired) electrons. The van der Waals surface area contributed by atoms with E-state index in [4.69, 9.17) is 4.74 Å². The first-order chi connectivity index (χ1) is 14.5. The molecule has 1 aliphatic carbocycles. The van der Waals surface area contributed by atoms with Gasteiger partial charge in [-0.2, -0.15) is 0 Å². The Labute approximate surface area is 170 Å². The Morgan fingerprint density at radius 1 is 1.07 bits per heavy atom. The zero-order chi connectivity index (χ0) is 21.1. The Morgan fingerprint density at radius 3 is 2.57 bits per heavy atom. The molecule has 7 nitrogen and oxygen atoms in total. The Morgan fingerprint density at radius 2 is 1.83 bits per heavy atom. The topological polar surface area (TPSA) is 96.1 Å². The number of carbonyl (C=O) groups excluding carboxylic acids is 2. The lowest BCUT2D eigenvalue weighted by Gasteiger charge is -2.29. The predicted octanol–water partition coefficient (Wildman–Crippen LogP) is 3.29. The second kappa shape index (κ2) is 8.48. The van der Waals surface area contributed by atoms with Gasteiger partial charge < -0.3 is 20.4 Å². The highest BCUT2D eigenvalue weighted by Crippen LogP contribution is 2.26. The van der Waals surface area contributed by atoms with Gasteiger partial charge in [0.2, 0.25) is 5.88 Å². The predicted molar refractivity (Wildman–Crippen MR) is 106 cm³/mol. The molecule has 2 heterocycles. The Kier molecular flexibility index (Phi) is 5.60. The van der Waals surface area contributed by atoms with Crippen LogP contribution in [0.2, 0.25) is 0 Å². The van der Waals surface area contributed by atoms with E-state index >= 15 is 0 Å². The fourth-order valence-corrected chi connectivity index (χ4v) is 3.56. The number of anilines is 1. The summed E-state index contributed by atoms with van der Waals surface area (Å²) in [5, 5.41) is 5.44. The normalized spacial score (nSPS) is 18.7. The van der Waals surface area contributed by atoms with Crippen molar-refractivity contribution in [2.45, 2.75) is 37.8 Å². The van der Waals surface area contributed by atoms with E-state index in [9.17, 15) is 18.4 Å². The lowest BCUT2D eigenvalue weighted by Crippen LogP contribution is -2.44. The molecular formula is C21H20F2N4O3. The summed E-state index contributed by atoms with van der Waals surface area (Å²) in [7, 11) is 0. The van der Waals surface area contributed by atoms with E-state index in [2.05, 4.69) is 20.6 Å². The molecule has 1 saturated carbocycles. The third kappa shape index (κ3) is 4.40. The summed E-state index contributed by atoms with van der Waals surface area (Å²) in [6, 6.07) is 7.29. The Balaban J connectivity index is 1.29. The van der Waals surface area contributed by atoms with E-state index in [1.165, 1.54) is 6.20 Å². The van der Waals surface area contributed by atoms with Crippen LogP contribution in [-0.4, -0.2) is 33.9 Å². The van der Waals surface area contributed by atoms with E-state index in [1.807, 2.05) is 12.1 Å². The van der Waals surface area contributed by atoms with Crippen molar-refractivity contribution in [1.29, 1.82) is 0 Å². The molecular weight excluding hydrogens is 394 g/mol. The van der Waals surface area contributed by atoms with E-state index in [0.717, 1.165) is 25.0 Å². The highest BCUT2D eigenvalue weighted by Gasteiger charge is 2.26. The Hall–Kier alpha value is -3.49. The van der Waals surface area contributed by atoms with Crippen LogP contribution in [0.3, 0.4) is 0 Å². The van der Waals surface area contributed by atoms with E-state index < -0.39 is 23.4 Å². The van der Waals surface area contributed by atoms with Gasteiger partial charge in [-0.15, -0.1) is 0 Å². The molecule has 1 aromatic carbocycles. The van der Waals surface area contributed by atoms with Gasteiger partial charge in [-0.25, -0.2) is 13.8 Å². The quantitative estimate of drug-likeness (QED) is 0.571. The summed E-state index contributed by atoms with van der Waals surface area (Å²) in [4.78, 5) is 31.4. The number of hydrogen-bond acceptors (Lipinski definition) is 4. The molecule has 3 N–H and O–H groups in total. The minimum Gasteiger partial charge on any atom is -0.474 e. The number of rotatable bonds is 4. The number of hydrogen-bond donors (Lipinski definition) is 3. The molecule has 9 heteroatoms. The summed E-state index contributed by atoms with van der Waals surface area (Å²) < 4.78 is 32.6. The van der Waals surface area contributed by atoms with Crippen LogP contribution >= 0.6 is 0 Å². The number of fused-ring (bicyclic) bond motifs is 1. The largest absolute Gasteiger partial charge is 0.474 e. The van der Waals surface area contributed by atoms with Crippen molar-refractivity contribution in [3.63, 3.8) is 0 Å². The van der Waals surface area contributed by atoms with Crippen molar-refractivity contribution in [2.75, 3.05) is 5.32 Å². The number of nitrogens with one attached hydrogen (secondary N) is 3. The summed E-state index contributed by atoms with van der Waals surface area (Å²) in [5.41, 5.74) is 0.521. The molecule has 0 saturated heterocycles.